The first-order valence-corrected chi connectivity index (χ1v) is 5.30. The predicted molar refractivity (Wildman–Crippen MR) is 55.5 cm³/mol. The molecule has 0 saturated carbocycles. The van der Waals surface area contributed by atoms with Gasteiger partial charge in [0.25, 0.3) is 0 Å². The molecule has 1 nitrogen and oxygen atoms in total. The zero-order valence-corrected chi connectivity index (χ0v) is 9.28. The molecule has 0 aliphatic carbocycles. The fraction of sp³-hybridized carbons (Fsp3) is 0.600. The zero-order valence-electron chi connectivity index (χ0n) is 8.39. The fourth-order valence-electron chi connectivity index (χ4n) is 1.18. The van der Waals surface area contributed by atoms with Crippen LogP contribution in [0.3, 0.4) is 0 Å². The van der Waals surface area contributed by atoms with E-state index in [0.29, 0.717) is 0 Å². The third-order valence-corrected chi connectivity index (χ3v) is 3.62. The van der Waals surface area contributed by atoms with Crippen LogP contribution in [0.5, 0.6) is 0 Å². The summed E-state index contributed by atoms with van der Waals surface area (Å²) in [7, 11) is 5.68. The molecule has 0 spiro atoms. The van der Waals surface area contributed by atoms with E-state index in [0.717, 1.165) is 0 Å². The lowest BCUT2D eigenvalue weighted by Gasteiger charge is -2.17. The molecular formula is C10H17NP. The Hall–Kier alpha value is 0.390. The lowest BCUT2D eigenvalue weighted by Crippen LogP contribution is -2.15. The van der Waals surface area contributed by atoms with Crippen LogP contribution in [-0.4, -0.2) is 25.5 Å². The van der Waals surface area contributed by atoms with Gasteiger partial charge in [-0.3, -0.25) is 0 Å². The van der Waals surface area contributed by atoms with Crippen LogP contribution in [0.1, 0.15) is 20.3 Å². The van der Waals surface area contributed by atoms with Gasteiger partial charge in [-0.25, -0.2) is 0 Å². The number of hydrogen-bond acceptors (Lipinski definition) is 1. The van der Waals surface area contributed by atoms with Gasteiger partial charge in [0.2, 0.25) is 0 Å². The minimum Gasteiger partial charge on any atom is -0.309 e. The van der Waals surface area contributed by atoms with Crippen molar-refractivity contribution >= 4 is 8.58 Å². The second-order valence-corrected chi connectivity index (χ2v) is 4.62. The van der Waals surface area contributed by atoms with Gasteiger partial charge in [0.05, 0.1) is 0 Å². The molecule has 0 unspecified atom stereocenters. The Morgan fingerprint density at radius 1 is 1.33 bits per heavy atom. The highest BCUT2D eigenvalue weighted by Gasteiger charge is 2.31. The van der Waals surface area contributed by atoms with E-state index in [4.69, 9.17) is 0 Å². The molecular weight excluding hydrogens is 165 g/mol. The van der Waals surface area contributed by atoms with Gasteiger partial charge in [0.15, 0.2) is 0 Å². The average molecular weight is 182 g/mol. The first-order chi connectivity index (χ1) is 5.61. The molecule has 1 rings (SSSR count). The van der Waals surface area contributed by atoms with E-state index in [2.05, 4.69) is 39.0 Å². The maximum absolute atomic E-state index is 2.31. The van der Waals surface area contributed by atoms with Crippen LogP contribution in [0.4, 0.5) is 0 Å². The summed E-state index contributed by atoms with van der Waals surface area (Å²) in [6.07, 6.45) is 3.52. The molecule has 0 atom stereocenters. The molecule has 5 radical (unpaired) electrons. The van der Waals surface area contributed by atoms with Crippen LogP contribution in [0, 0.1) is 23.7 Å². The summed E-state index contributed by atoms with van der Waals surface area (Å²) >= 11 is 0. The van der Waals surface area contributed by atoms with Gasteiger partial charge in [-0.15, -0.1) is 0 Å². The molecule has 2 heteroatoms. The summed E-state index contributed by atoms with van der Waals surface area (Å²) in [5.74, 6) is 2.98. The van der Waals surface area contributed by atoms with Gasteiger partial charge in [-0.1, -0.05) is 22.4 Å². The van der Waals surface area contributed by atoms with Gasteiger partial charge in [-0.2, -0.15) is 0 Å². The molecule has 1 heterocycles. The van der Waals surface area contributed by atoms with E-state index < -0.39 is 0 Å². The number of rotatable bonds is 3. The molecule has 1 aliphatic heterocycles. The van der Waals surface area contributed by atoms with Crippen LogP contribution >= 0.6 is 8.58 Å². The van der Waals surface area contributed by atoms with Crippen LogP contribution < -0.4 is 0 Å². The summed E-state index contributed by atoms with van der Waals surface area (Å²) in [6.45, 7) is 5.60. The molecule has 0 aromatic rings. The topological polar surface area (TPSA) is 3.24 Å². The number of hydrogen-bond donors (Lipinski definition) is 0. The first-order valence-electron chi connectivity index (χ1n) is 4.33. The molecule has 67 valence electrons. The minimum absolute atomic E-state index is 1.17. The Morgan fingerprint density at radius 3 is 2.42 bits per heavy atom. The molecule has 0 amide bonds. The lowest BCUT2D eigenvalue weighted by molar-refractivity contribution is 0.409. The normalized spacial score (nSPS) is 24.8. The highest BCUT2D eigenvalue weighted by Crippen LogP contribution is 2.54. The third-order valence-electron chi connectivity index (χ3n) is 2.23. The van der Waals surface area contributed by atoms with Crippen molar-refractivity contribution in [3.05, 3.63) is 23.7 Å². The highest BCUT2D eigenvalue weighted by molar-refractivity contribution is 7.45. The molecule has 1 aliphatic rings. The van der Waals surface area contributed by atoms with Gasteiger partial charge in [0, 0.05) is 5.66 Å². The second-order valence-electron chi connectivity index (χ2n) is 3.57. The first kappa shape index (κ1) is 10.5. The minimum atomic E-state index is 1.17. The van der Waals surface area contributed by atoms with E-state index in [1.165, 1.54) is 33.4 Å². The van der Waals surface area contributed by atoms with Crippen LogP contribution in [-0.2, 0) is 0 Å². The zero-order chi connectivity index (χ0) is 9.14. The highest BCUT2D eigenvalue weighted by atomic mass is 31.1. The Bertz CT molecular complexity index is 136. The van der Waals surface area contributed by atoms with Gasteiger partial charge >= 0.3 is 0 Å². The maximum Gasteiger partial charge on any atom is 0.0129 e. The quantitative estimate of drug-likeness (QED) is 0.606. The van der Waals surface area contributed by atoms with E-state index in [9.17, 15) is 0 Å². The van der Waals surface area contributed by atoms with Gasteiger partial charge < -0.3 is 4.90 Å². The molecule has 1 saturated heterocycles. The molecule has 0 bridgehead atoms. The Morgan fingerprint density at radius 2 is 2.00 bits per heavy atom. The van der Waals surface area contributed by atoms with Crippen molar-refractivity contribution in [2.75, 3.05) is 20.6 Å². The standard InChI is InChI=1S/C10H17NP/c1-8-7-12-10(9(8)2)5-6-11(3)4/h7H,5-6H2,1-4H3. The molecule has 1 fully saturated rings. The maximum atomic E-state index is 2.31. The van der Waals surface area contributed by atoms with Gasteiger partial charge in [0.1, 0.15) is 0 Å². The van der Waals surface area contributed by atoms with Crippen molar-refractivity contribution in [1.29, 1.82) is 0 Å². The van der Waals surface area contributed by atoms with Crippen molar-refractivity contribution in [3.8, 4) is 0 Å². The van der Waals surface area contributed by atoms with E-state index in [-0.39, 0.29) is 0 Å². The van der Waals surface area contributed by atoms with E-state index >= 15 is 0 Å². The molecule has 0 aromatic heterocycles. The predicted octanol–water partition coefficient (Wildman–Crippen LogP) is 2.78. The van der Waals surface area contributed by atoms with E-state index in [1.807, 2.05) is 0 Å². The van der Waals surface area contributed by atoms with E-state index in [1.54, 1.807) is 5.66 Å². The summed E-state index contributed by atoms with van der Waals surface area (Å²) in [6, 6.07) is 0. The summed E-state index contributed by atoms with van der Waals surface area (Å²) in [5.41, 5.74) is 1.60. The Labute approximate surface area is 78.7 Å². The SMILES string of the molecule is C[C]1[CH][P][C](CCN(C)C)[C]1C. The Kier molecular flexibility index (Phi) is 3.99. The third kappa shape index (κ3) is 2.71. The average Bonchev–Trinajstić information content (AvgIpc) is 2.30. The van der Waals surface area contributed by atoms with Crippen molar-refractivity contribution in [1.82, 2.24) is 4.90 Å². The monoisotopic (exact) mass is 182 g/mol. The molecule has 12 heavy (non-hydrogen) atoms. The summed E-state index contributed by atoms with van der Waals surface area (Å²) < 4.78 is 0. The smallest absolute Gasteiger partial charge is 0.0129 e. The van der Waals surface area contributed by atoms with Crippen LogP contribution in [0.15, 0.2) is 0 Å². The van der Waals surface area contributed by atoms with Crippen molar-refractivity contribution in [2.45, 2.75) is 20.3 Å². The molecule has 0 N–H and O–H groups in total. The lowest BCUT2D eigenvalue weighted by atomic mass is 9.93. The number of nitrogens with zero attached hydrogens (tertiary/aromatic N) is 1. The molecule has 0 aromatic carbocycles. The summed E-state index contributed by atoms with van der Waals surface area (Å²) in [5, 5.41) is 0. The van der Waals surface area contributed by atoms with Crippen LogP contribution in [0.25, 0.3) is 0 Å². The fourth-order valence-corrected chi connectivity index (χ4v) is 2.32. The Balaban J connectivity index is 2.24. The summed E-state index contributed by atoms with van der Waals surface area (Å²) in [4.78, 5) is 2.24. The van der Waals surface area contributed by atoms with Crippen LogP contribution in [0.2, 0.25) is 0 Å². The van der Waals surface area contributed by atoms with Gasteiger partial charge in [-0.05, 0) is 45.1 Å². The largest absolute Gasteiger partial charge is 0.309 e. The second kappa shape index (κ2) is 4.58. The van der Waals surface area contributed by atoms with Crippen molar-refractivity contribution < 1.29 is 0 Å². The van der Waals surface area contributed by atoms with Crippen molar-refractivity contribution in [2.24, 2.45) is 0 Å². The van der Waals surface area contributed by atoms with Crippen molar-refractivity contribution in [3.63, 3.8) is 0 Å².